The molecule has 0 saturated carbocycles. The molecule has 1 aliphatic rings. The molecule has 1 saturated heterocycles. The zero-order valence-corrected chi connectivity index (χ0v) is 18.4. The van der Waals surface area contributed by atoms with E-state index in [0.29, 0.717) is 11.2 Å². The van der Waals surface area contributed by atoms with Crippen LogP contribution in [0, 0.1) is 0 Å². The molecule has 4 unspecified atom stereocenters. The number of hydrogen-bond donors (Lipinski definition) is 3. The lowest BCUT2D eigenvalue weighted by atomic mass is 10.1. The lowest BCUT2D eigenvalue weighted by Crippen LogP contribution is -2.34. The van der Waals surface area contributed by atoms with Crippen LogP contribution >= 0.6 is 0 Å². The third kappa shape index (κ3) is 6.32. The van der Waals surface area contributed by atoms with E-state index < -0.39 is 36.5 Å². The zero-order chi connectivity index (χ0) is 23.6. The molecule has 3 heterocycles. The highest BCUT2D eigenvalue weighted by molar-refractivity contribution is 5.81. The number of carbonyl (C=O) groups is 2. The minimum atomic E-state index is -1.31. The number of ether oxygens (including phenoxy) is 3. The van der Waals surface area contributed by atoms with E-state index in [-0.39, 0.29) is 25.3 Å². The summed E-state index contributed by atoms with van der Waals surface area (Å²) in [6.07, 6.45) is -2.25. The zero-order valence-electron chi connectivity index (χ0n) is 18.4. The molecular formula is C19H31N5O7. The number of nitrogen functional groups attached to an aromatic ring is 1. The van der Waals surface area contributed by atoms with E-state index >= 15 is 0 Å². The van der Waals surface area contributed by atoms with Crippen molar-refractivity contribution in [3.63, 3.8) is 0 Å². The van der Waals surface area contributed by atoms with Gasteiger partial charge in [0, 0.05) is 0 Å². The first-order chi connectivity index (χ1) is 14.9. The Hall–Kier alpha value is -2.83. The Morgan fingerprint density at radius 2 is 1.74 bits per heavy atom. The Morgan fingerprint density at radius 3 is 2.39 bits per heavy atom. The first-order valence-electron chi connectivity index (χ1n) is 10.1. The summed E-state index contributed by atoms with van der Waals surface area (Å²) in [5.74, 6) is -1.02. The Kier molecular flexibility index (Phi) is 10.8. The van der Waals surface area contributed by atoms with Gasteiger partial charge >= 0.3 is 11.9 Å². The van der Waals surface area contributed by atoms with Gasteiger partial charge in [0.25, 0.3) is 0 Å². The standard InChI is InChI=1S/C15H19N5O7.2C2H6/c1-25-8(21)2-3-9(22)26-4-7-11(23)12(24)15(27-7)20-6-19-10-13(16)17-5-18-14(10)20;2*1-2/h5-7,11-12,15,23-24H,2-4H2,1H3,(H2,16,17,18);2*1-2H3. The Labute approximate surface area is 180 Å². The molecule has 1 aliphatic heterocycles. The second-order valence-electron chi connectivity index (χ2n) is 5.89. The predicted octanol–water partition coefficient (Wildman–Crippen LogP) is 0.577. The van der Waals surface area contributed by atoms with Crippen LogP contribution in [0.3, 0.4) is 0 Å². The number of anilines is 1. The third-order valence-corrected chi connectivity index (χ3v) is 4.17. The van der Waals surface area contributed by atoms with Gasteiger partial charge in [0.05, 0.1) is 26.3 Å². The van der Waals surface area contributed by atoms with Crippen molar-refractivity contribution in [3.05, 3.63) is 12.7 Å². The van der Waals surface area contributed by atoms with Gasteiger partial charge in [-0.2, -0.15) is 0 Å². The van der Waals surface area contributed by atoms with Crippen LogP contribution < -0.4 is 5.73 Å². The van der Waals surface area contributed by atoms with Crippen LogP contribution in [0.1, 0.15) is 46.8 Å². The molecule has 0 amide bonds. The fraction of sp³-hybridized carbons (Fsp3) is 0.632. The Bertz CT molecular complexity index is 844. The second kappa shape index (κ2) is 12.8. The quantitative estimate of drug-likeness (QED) is 0.535. The fourth-order valence-electron chi connectivity index (χ4n) is 2.71. The Balaban J connectivity index is 0.00000113. The molecule has 31 heavy (non-hydrogen) atoms. The topological polar surface area (TPSA) is 172 Å². The van der Waals surface area contributed by atoms with E-state index in [4.69, 9.17) is 15.2 Å². The van der Waals surface area contributed by atoms with Gasteiger partial charge in [-0.1, -0.05) is 27.7 Å². The van der Waals surface area contributed by atoms with Crippen molar-refractivity contribution in [2.45, 2.75) is 65.1 Å². The second-order valence-corrected chi connectivity index (χ2v) is 5.89. The molecule has 0 bridgehead atoms. The number of fused-ring (bicyclic) bond motifs is 1. The van der Waals surface area contributed by atoms with Gasteiger partial charge in [0.1, 0.15) is 36.8 Å². The van der Waals surface area contributed by atoms with Crippen molar-refractivity contribution in [2.75, 3.05) is 19.5 Å². The van der Waals surface area contributed by atoms with Gasteiger partial charge < -0.3 is 30.2 Å². The molecular weight excluding hydrogens is 410 g/mol. The molecule has 2 aromatic rings. The smallest absolute Gasteiger partial charge is 0.306 e. The van der Waals surface area contributed by atoms with Gasteiger partial charge in [-0.05, 0) is 0 Å². The molecule has 4 N–H and O–H groups in total. The average molecular weight is 441 g/mol. The monoisotopic (exact) mass is 441 g/mol. The number of rotatable bonds is 6. The summed E-state index contributed by atoms with van der Waals surface area (Å²) in [5, 5.41) is 20.5. The van der Waals surface area contributed by atoms with Gasteiger partial charge in [0.2, 0.25) is 0 Å². The highest BCUT2D eigenvalue weighted by atomic mass is 16.6. The first-order valence-corrected chi connectivity index (χ1v) is 10.1. The molecule has 1 fully saturated rings. The maximum atomic E-state index is 11.7. The van der Waals surface area contributed by atoms with Crippen LogP contribution in [0.5, 0.6) is 0 Å². The number of hydrogen-bond acceptors (Lipinski definition) is 11. The minimum absolute atomic E-state index is 0.114. The summed E-state index contributed by atoms with van der Waals surface area (Å²) >= 11 is 0. The number of imidazole rings is 1. The van der Waals surface area contributed by atoms with Crippen LogP contribution in [0.4, 0.5) is 5.82 Å². The van der Waals surface area contributed by atoms with Gasteiger partial charge in [0.15, 0.2) is 17.7 Å². The lowest BCUT2D eigenvalue weighted by Gasteiger charge is -2.16. The third-order valence-electron chi connectivity index (χ3n) is 4.17. The van der Waals surface area contributed by atoms with Crippen molar-refractivity contribution in [1.82, 2.24) is 19.5 Å². The maximum absolute atomic E-state index is 11.7. The van der Waals surface area contributed by atoms with Crippen molar-refractivity contribution in [3.8, 4) is 0 Å². The number of carbonyl (C=O) groups excluding carboxylic acids is 2. The van der Waals surface area contributed by atoms with Gasteiger partial charge in [-0.25, -0.2) is 15.0 Å². The molecule has 0 radical (unpaired) electrons. The minimum Gasteiger partial charge on any atom is -0.469 e. The summed E-state index contributed by atoms with van der Waals surface area (Å²) in [6, 6.07) is 0. The van der Waals surface area contributed by atoms with Crippen molar-refractivity contribution in [1.29, 1.82) is 0 Å². The van der Waals surface area contributed by atoms with Crippen LogP contribution in [0.15, 0.2) is 12.7 Å². The van der Waals surface area contributed by atoms with Crippen molar-refractivity contribution in [2.24, 2.45) is 0 Å². The molecule has 4 atom stereocenters. The molecule has 174 valence electrons. The van der Waals surface area contributed by atoms with E-state index in [1.165, 1.54) is 24.3 Å². The van der Waals surface area contributed by atoms with Gasteiger partial charge in [-0.15, -0.1) is 0 Å². The number of methoxy groups -OCH3 is 1. The number of aromatic nitrogens is 4. The summed E-state index contributed by atoms with van der Waals surface area (Å²) in [6.45, 7) is 7.71. The molecule has 0 aliphatic carbocycles. The van der Waals surface area contributed by atoms with E-state index in [1.54, 1.807) is 0 Å². The maximum Gasteiger partial charge on any atom is 0.306 e. The van der Waals surface area contributed by atoms with E-state index in [1.807, 2.05) is 27.7 Å². The number of aliphatic hydroxyl groups is 2. The number of aliphatic hydroxyl groups excluding tert-OH is 2. The van der Waals surface area contributed by atoms with Crippen molar-refractivity contribution >= 4 is 28.9 Å². The molecule has 3 rings (SSSR count). The summed E-state index contributed by atoms with van der Waals surface area (Å²) in [4.78, 5) is 34.6. The van der Waals surface area contributed by atoms with Crippen LogP contribution in [-0.2, 0) is 23.8 Å². The average Bonchev–Trinajstić information content (AvgIpc) is 3.35. The van der Waals surface area contributed by atoms with Gasteiger partial charge in [-0.3, -0.25) is 14.2 Å². The number of nitrogens with two attached hydrogens (primary N) is 1. The highest BCUT2D eigenvalue weighted by Gasteiger charge is 2.44. The van der Waals surface area contributed by atoms with Crippen molar-refractivity contribution < 1.29 is 34.0 Å². The number of nitrogens with zero attached hydrogens (tertiary/aromatic N) is 4. The molecule has 12 nitrogen and oxygen atoms in total. The summed E-state index contributed by atoms with van der Waals surface area (Å²) in [7, 11) is 1.22. The molecule has 12 heteroatoms. The van der Waals surface area contributed by atoms with E-state index in [0.717, 1.165) is 0 Å². The Morgan fingerprint density at radius 1 is 1.10 bits per heavy atom. The van der Waals surface area contributed by atoms with Crippen LogP contribution in [-0.4, -0.2) is 73.7 Å². The molecule has 0 spiro atoms. The SMILES string of the molecule is CC.CC.COC(=O)CCC(=O)OCC1OC(n2cnc3c(N)ncnc32)C(O)C1O. The van der Waals surface area contributed by atoms with E-state index in [2.05, 4.69) is 19.7 Å². The number of esters is 2. The van der Waals surface area contributed by atoms with Crippen LogP contribution in [0.25, 0.3) is 11.2 Å². The predicted molar refractivity (Wildman–Crippen MR) is 111 cm³/mol. The summed E-state index contributed by atoms with van der Waals surface area (Å²) < 4.78 is 16.5. The lowest BCUT2D eigenvalue weighted by molar-refractivity contribution is -0.153. The van der Waals surface area contributed by atoms with E-state index in [9.17, 15) is 19.8 Å². The first kappa shape index (κ1) is 26.2. The highest BCUT2D eigenvalue weighted by Crippen LogP contribution is 2.32. The molecule has 0 aromatic carbocycles. The largest absolute Gasteiger partial charge is 0.469 e. The fourth-order valence-corrected chi connectivity index (χ4v) is 2.71. The summed E-state index contributed by atoms with van der Waals surface area (Å²) in [5.41, 5.74) is 6.39. The van der Waals surface area contributed by atoms with Crippen LogP contribution in [0.2, 0.25) is 0 Å². The normalized spacial score (nSPS) is 22.0. The molecule has 2 aromatic heterocycles.